The maximum absolute atomic E-state index is 12.3. The molecule has 0 radical (unpaired) electrons. The first-order valence-corrected chi connectivity index (χ1v) is 7.67. The van der Waals surface area contributed by atoms with Crippen molar-refractivity contribution in [2.75, 3.05) is 0 Å². The lowest BCUT2D eigenvalue weighted by atomic mass is 10.1. The largest absolute Gasteiger partial charge is 0.507 e. The molecule has 5 nitrogen and oxygen atoms in total. The van der Waals surface area contributed by atoms with Gasteiger partial charge in [-0.15, -0.1) is 0 Å². The van der Waals surface area contributed by atoms with Gasteiger partial charge in [0.15, 0.2) is 0 Å². The third-order valence-electron chi connectivity index (χ3n) is 3.03. The smallest absolute Gasteiger partial charge is 0.244 e. The van der Waals surface area contributed by atoms with Crippen LogP contribution in [0.15, 0.2) is 39.6 Å². The number of aromatic hydroxyl groups is 1. The highest BCUT2D eigenvalue weighted by Crippen LogP contribution is 2.26. The minimum absolute atomic E-state index is 0.135. The van der Waals surface area contributed by atoms with Crippen LogP contribution in [0.1, 0.15) is 30.0 Å². The molecule has 0 saturated carbocycles. The molecule has 1 heterocycles. The van der Waals surface area contributed by atoms with Gasteiger partial charge in [-0.3, -0.25) is 0 Å². The molecular weight excluding hydrogens is 278 g/mol. The molecule has 6 heteroatoms. The van der Waals surface area contributed by atoms with Crippen molar-refractivity contribution in [2.24, 2.45) is 0 Å². The fourth-order valence-electron chi connectivity index (χ4n) is 2.12. The second kappa shape index (κ2) is 5.30. The average Bonchev–Trinajstić information content (AvgIpc) is 2.68. The van der Waals surface area contributed by atoms with E-state index in [9.17, 15) is 13.5 Å². The number of sulfonamides is 1. The van der Waals surface area contributed by atoms with E-state index >= 15 is 0 Å². The van der Waals surface area contributed by atoms with Crippen molar-refractivity contribution in [3.63, 3.8) is 0 Å². The van der Waals surface area contributed by atoms with Gasteiger partial charge in [-0.05, 0) is 39.0 Å². The van der Waals surface area contributed by atoms with Crippen LogP contribution in [0.2, 0.25) is 0 Å². The fraction of sp³-hybridized carbons (Fsp3) is 0.286. The Hall–Kier alpha value is -1.79. The molecule has 0 aliphatic carbocycles. The van der Waals surface area contributed by atoms with E-state index in [1.165, 1.54) is 12.1 Å². The van der Waals surface area contributed by atoms with Crippen LogP contribution in [0, 0.1) is 13.8 Å². The van der Waals surface area contributed by atoms with E-state index in [0.29, 0.717) is 5.76 Å². The van der Waals surface area contributed by atoms with Crippen LogP contribution >= 0.6 is 0 Å². The number of para-hydroxylation sites is 1. The first-order valence-electron chi connectivity index (χ1n) is 6.18. The zero-order valence-corrected chi connectivity index (χ0v) is 12.4. The van der Waals surface area contributed by atoms with Crippen LogP contribution in [0.25, 0.3) is 0 Å². The third kappa shape index (κ3) is 2.86. The van der Waals surface area contributed by atoms with Crippen LogP contribution in [-0.4, -0.2) is 13.5 Å². The zero-order valence-electron chi connectivity index (χ0n) is 11.5. The second-order valence-electron chi connectivity index (χ2n) is 4.68. The maximum Gasteiger partial charge on any atom is 0.244 e. The highest BCUT2D eigenvalue weighted by molar-refractivity contribution is 7.89. The maximum atomic E-state index is 12.3. The van der Waals surface area contributed by atoms with Crippen molar-refractivity contribution in [2.45, 2.75) is 31.7 Å². The van der Waals surface area contributed by atoms with Crippen LogP contribution in [0.4, 0.5) is 0 Å². The molecule has 108 valence electrons. The molecule has 2 aromatic rings. The molecule has 1 aromatic heterocycles. The van der Waals surface area contributed by atoms with Crippen LogP contribution in [0.3, 0.4) is 0 Å². The molecule has 0 aliphatic rings. The van der Waals surface area contributed by atoms with E-state index in [1.54, 1.807) is 39.0 Å². The Labute approximate surface area is 118 Å². The molecule has 2 rings (SSSR count). The SMILES string of the molecule is Cc1cc(C(C)NS(=O)(=O)c2ccccc2O)c(C)o1. The van der Waals surface area contributed by atoms with E-state index in [1.807, 2.05) is 0 Å². The van der Waals surface area contributed by atoms with Crippen LogP contribution in [0.5, 0.6) is 5.75 Å². The summed E-state index contributed by atoms with van der Waals surface area (Å²) < 4.78 is 32.4. The number of nitrogens with one attached hydrogen (secondary N) is 1. The van der Waals surface area contributed by atoms with Gasteiger partial charge >= 0.3 is 0 Å². The highest BCUT2D eigenvalue weighted by atomic mass is 32.2. The molecule has 0 amide bonds. The Kier molecular flexibility index (Phi) is 3.87. The van der Waals surface area contributed by atoms with Gasteiger partial charge in [-0.25, -0.2) is 13.1 Å². The predicted molar refractivity (Wildman–Crippen MR) is 75.0 cm³/mol. The number of phenols is 1. The van der Waals surface area contributed by atoms with E-state index in [4.69, 9.17) is 4.42 Å². The summed E-state index contributed by atoms with van der Waals surface area (Å²) in [5, 5.41) is 9.65. The van der Waals surface area contributed by atoms with Gasteiger partial charge in [-0.1, -0.05) is 12.1 Å². The van der Waals surface area contributed by atoms with Gasteiger partial charge in [0.1, 0.15) is 22.2 Å². The molecule has 1 aromatic carbocycles. The fourth-order valence-corrected chi connectivity index (χ4v) is 3.44. The minimum Gasteiger partial charge on any atom is -0.507 e. The molecule has 2 N–H and O–H groups in total. The van der Waals surface area contributed by atoms with Crippen molar-refractivity contribution < 1.29 is 17.9 Å². The first-order chi connectivity index (χ1) is 9.31. The van der Waals surface area contributed by atoms with Crippen LogP contribution in [-0.2, 0) is 10.0 Å². The van der Waals surface area contributed by atoms with Crippen LogP contribution < -0.4 is 4.72 Å². The molecule has 1 unspecified atom stereocenters. The normalized spacial score (nSPS) is 13.3. The molecule has 1 atom stereocenters. The topological polar surface area (TPSA) is 79.5 Å². The lowest BCUT2D eigenvalue weighted by Gasteiger charge is -2.14. The zero-order chi connectivity index (χ0) is 14.9. The van der Waals surface area contributed by atoms with Gasteiger partial charge in [0, 0.05) is 11.6 Å². The monoisotopic (exact) mass is 295 g/mol. The lowest BCUT2D eigenvalue weighted by Crippen LogP contribution is -2.27. The Morgan fingerprint density at radius 2 is 1.90 bits per heavy atom. The number of rotatable bonds is 4. The molecule has 0 fully saturated rings. The van der Waals surface area contributed by atoms with Crippen molar-refractivity contribution >= 4 is 10.0 Å². The van der Waals surface area contributed by atoms with Crippen molar-refractivity contribution in [1.29, 1.82) is 0 Å². The molecule has 0 saturated heterocycles. The van der Waals surface area contributed by atoms with Crippen molar-refractivity contribution in [1.82, 2.24) is 4.72 Å². The summed E-state index contributed by atoms with van der Waals surface area (Å²) in [5.74, 6) is 1.13. The van der Waals surface area contributed by atoms with Gasteiger partial charge in [-0.2, -0.15) is 0 Å². The molecule has 20 heavy (non-hydrogen) atoms. The van der Waals surface area contributed by atoms with Crippen molar-refractivity contribution in [3.05, 3.63) is 47.4 Å². The van der Waals surface area contributed by atoms with Gasteiger partial charge in [0.2, 0.25) is 10.0 Å². The van der Waals surface area contributed by atoms with Gasteiger partial charge in [0.05, 0.1) is 0 Å². The molecule has 0 aliphatic heterocycles. The van der Waals surface area contributed by atoms with E-state index in [2.05, 4.69) is 4.72 Å². The first kappa shape index (κ1) is 14.6. The number of phenolic OH excluding ortho intramolecular Hbond substituents is 1. The number of aryl methyl sites for hydroxylation is 2. The summed E-state index contributed by atoms with van der Waals surface area (Å²) in [6, 6.07) is 7.18. The summed E-state index contributed by atoms with van der Waals surface area (Å²) in [6.07, 6.45) is 0. The van der Waals surface area contributed by atoms with E-state index < -0.39 is 16.1 Å². The predicted octanol–water partition coefficient (Wildman–Crippen LogP) is 2.64. The lowest BCUT2D eigenvalue weighted by molar-refractivity contribution is 0.457. The highest BCUT2D eigenvalue weighted by Gasteiger charge is 2.23. The Bertz CT molecular complexity index is 719. The molecule has 0 spiro atoms. The van der Waals surface area contributed by atoms with E-state index in [0.717, 1.165) is 11.3 Å². The molecule has 0 bridgehead atoms. The van der Waals surface area contributed by atoms with Gasteiger partial charge in [0.25, 0.3) is 0 Å². The number of furan rings is 1. The summed E-state index contributed by atoms with van der Waals surface area (Å²) in [4.78, 5) is -0.135. The summed E-state index contributed by atoms with van der Waals surface area (Å²) >= 11 is 0. The summed E-state index contributed by atoms with van der Waals surface area (Å²) in [6.45, 7) is 5.32. The number of hydrogen-bond donors (Lipinski definition) is 2. The Morgan fingerprint density at radius 1 is 1.25 bits per heavy atom. The standard InChI is InChI=1S/C14H17NO4S/c1-9-8-12(11(3)19-9)10(2)15-20(17,18)14-7-5-4-6-13(14)16/h4-8,10,15-16H,1-3H3. The second-order valence-corrected chi connectivity index (χ2v) is 6.36. The minimum atomic E-state index is -3.79. The molecular formula is C14H17NO4S. The number of benzene rings is 1. The Balaban J connectivity index is 2.29. The van der Waals surface area contributed by atoms with Gasteiger partial charge < -0.3 is 9.52 Å². The third-order valence-corrected chi connectivity index (χ3v) is 4.62. The summed E-state index contributed by atoms with van der Waals surface area (Å²) in [5.41, 5.74) is 0.779. The Morgan fingerprint density at radius 3 is 2.45 bits per heavy atom. The average molecular weight is 295 g/mol. The van der Waals surface area contributed by atoms with E-state index in [-0.39, 0.29) is 10.6 Å². The summed E-state index contributed by atoms with van der Waals surface area (Å²) in [7, 11) is -3.79. The number of hydrogen-bond acceptors (Lipinski definition) is 4. The quantitative estimate of drug-likeness (QED) is 0.908. The van der Waals surface area contributed by atoms with Crippen molar-refractivity contribution in [3.8, 4) is 5.75 Å².